The number of aryl methyl sites for hydroxylation is 1. The second kappa shape index (κ2) is 11.6. The largest absolute Gasteiger partial charge is 0.354 e. The monoisotopic (exact) mass is 415 g/mol. The lowest BCUT2D eigenvalue weighted by atomic mass is 10.1. The number of carbonyl (C=O) groups is 2. The zero-order valence-electron chi connectivity index (χ0n) is 17.9. The lowest BCUT2D eigenvalue weighted by Gasteiger charge is -2.13. The molecule has 0 aliphatic rings. The Hall–Kier alpha value is -3.60. The molecule has 0 radical (unpaired) electrons. The van der Waals surface area contributed by atoms with E-state index in [2.05, 4.69) is 22.9 Å². The Balaban J connectivity index is 1.38. The predicted octanol–water partition coefficient (Wildman–Crippen LogP) is 5.67. The fourth-order valence-corrected chi connectivity index (χ4v) is 3.19. The quantitative estimate of drug-likeness (QED) is 0.374. The number of para-hydroxylation sites is 2. The zero-order chi connectivity index (χ0) is 21.9. The number of nitrogens with one attached hydrogen (secondary N) is 3. The van der Waals surface area contributed by atoms with Crippen molar-refractivity contribution in [2.75, 3.05) is 17.2 Å². The van der Waals surface area contributed by atoms with Crippen LogP contribution in [0.5, 0.6) is 0 Å². The van der Waals surface area contributed by atoms with Crippen molar-refractivity contribution >= 4 is 28.9 Å². The summed E-state index contributed by atoms with van der Waals surface area (Å²) in [6, 6.07) is 25.0. The van der Waals surface area contributed by atoms with Gasteiger partial charge < -0.3 is 16.0 Å². The lowest BCUT2D eigenvalue weighted by Crippen LogP contribution is -2.24. The fourth-order valence-electron chi connectivity index (χ4n) is 3.19. The van der Waals surface area contributed by atoms with Crippen LogP contribution in [-0.4, -0.2) is 18.4 Å². The van der Waals surface area contributed by atoms with Crippen LogP contribution >= 0.6 is 0 Å². The van der Waals surface area contributed by atoms with Gasteiger partial charge in [-0.25, -0.2) is 0 Å². The van der Waals surface area contributed by atoms with E-state index in [-0.39, 0.29) is 11.8 Å². The van der Waals surface area contributed by atoms with Gasteiger partial charge in [-0.2, -0.15) is 0 Å². The van der Waals surface area contributed by atoms with Gasteiger partial charge in [0.15, 0.2) is 0 Å². The molecule has 160 valence electrons. The molecule has 0 aromatic heterocycles. The van der Waals surface area contributed by atoms with Crippen LogP contribution in [-0.2, 0) is 4.79 Å². The molecule has 0 aliphatic carbocycles. The van der Waals surface area contributed by atoms with Crippen molar-refractivity contribution in [3.8, 4) is 0 Å². The highest BCUT2D eigenvalue weighted by atomic mass is 16.2. The highest BCUT2D eigenvalue weighted by Gasteiger charge is 2.07. The highest BCUT2D eigenvalue weighted by molar-refractivity contribution is 5.95. The van der Waals surface area contributed by atoms with Gasteiger partial charge in [0.1, 0.15) is 0 Å². The third-order valence-corrected chi connectivity index (χ3v) is 4.93. The molecule has 0 aliphatic heterocycles. The van der Waals surface area contributed by atoms with E-state index in [0.717, 1.165) is 36.3 Å². The molecular formula is C26H29N3O2. The Kier molecular flexibility index (Phi) is 8.23. The van der Waals surface area contributed by atoms with Crippen LogP contribution in [0.3, 0.4) is 0 Å². The maximum atomic E-state index is 12.4. The predicted molar refractivity (Wildman–Crippen MR) is 127 cm³/mol. The van der Waals surface area contributed by atoms with Crippen LogP contribution in [0.1, 0.15) is 41.6 Å². The average molecular weight is 416 g/mol. The minimum absolute atomic E-state index is 0.00789. The molecule has 0 saturated carbocycles. The van der Waals surface area contributed by atoms with E-state index in [1.165, 1.54) is 5.56 Å². The van der Waals surface area contributed by atoms with Crippen LogP contribution in [0, 0.1) is 6.92 Å². The molecule has 0 spiro atoms. The lowest BCUT2D eigenvalue weighted by molar-refractivity contribution is -0.116. The van der Waals surface area contributed by atoms with Gasteiger partial charge >= 0.3 is 0 Å². The molecule has 0 saturated heterocycles. The third kappa shape index (κ3) is 7.30. The summed E-state index contributed by atoms with van der Waals surface area (Å²) in [5.74, 6) is -0.0671. The maximum absolute atomic E-state index is 12.4. The topological polar surface area (TPSA) is 70.2 Å². The van der Waals surface area contributed by atoms with E-state index in [1.54, 1.807) is 12.1 Å². The number of carbonyl (C=O) groups excluding carboxylic acids is 2. The van der Waals surface area contributed by atoms with Crippen LogP contribution < -0.4 is 16.0 Å². The molecule has 5 heteroatoms. The molecule has 31 heavy (non-hydrogen) atoms. The molecule has 2 amide bonds. The first-order chi connectivity index (χ1) is 15.1. The standard InChI is InChI=1S/C26H29N3O2/c1-20-15-17-22(18-16-20)28-23-12-7-8-13-24(23)29-25(30)14-6-3-9-19-27-26(31)21-10-4-2-5-11-21/h2,4-5,7-8,10-13,15-18,28H,3,6,9,14,19H2,1H3,(H,27,31)(H,29,30). The van der Waals surface area contributed by atoms with Crippen molar-refractivity contribution in [2.45, 2.75) is 32.6 Å². The summed E-state index contributed by atoms with van der Waals surface area (Å²) in [7, 11) is 0. The molecular weight excluding hydrogens is 386 g/mol. The summed E-state index contributed by atoms with van der Waals surface area (Å²) in [5.41, 5.74) is 4.47. The van der Waals surface area contributed by atoms with Gasteiger partial charge in [-0.15, -0.1) is 0 Å². The van der Waals surface area contributed by atoms with Crippen molar-refractivity contribution < 1.29 is 9.59 Å². The first-order valence-electron chi connectivity index (χ1n) is 10.7. The Morgan fingerprint density at radius 2 is 1.42 bits per heavy atom. The SMILES string of the molecule is Cc1ccc(Nc2ccccc2NC(=O)CCCCCNC(=O)c2ccccc2)cc1. The smallest absolute Gasteiger partial charge is 0.251 e. The van der Waals surface area contributed by atoms with Gasteiger partial charge in [-0.1, -0.05) is 54.4 Å². The van der Waals surface area contributed by atoms with E-state index in [1.807, 2.05) is 66.7 Å². The van der Waals surface area contributed by atoms with E-state index < -0.39 is 0 Å². The van der Waals surface area contributed by atoms with Crippen LogP contribution in [0.25, 0.3) is 0 Å². The summed E-state index contributed by atoms with van der Waals surface area (Å²) >= 11 is 0. The second-order valence-corrected chi connectivity index (χ2v) is 7.52. The van der Waals surface area contributed by atoms with Gasteiger partial charge in [0.25, 0.3) is 5.91 Å². The van der Waals surface area contributed by atoms with Crippen molar-refractivity contribution in [3.63, 3.8) is 0 Å². The molecule has 3 aromatic rings. The number of anilines is 3. The summed E-state index contributed by atoms with van der Waals surface area (Å²) in [6.07, 6.45) is 2.95. The molecule has 3 rings (SSSR count). The minimum atomic E-state index is -0.0592. The first kappa shape index (κ1) is 22.1. The molecule has 0 fully saturated rings. The van der Waals surface area contributed by atoms with Crippen molar-refractivity contribution in [2.24, 2.45) is 0 Å². The second-order valence-electron chi connectivity index (χ2n) is 7.52. The van der Waals surface area contributed by atoms with Crippen molar-refractivity contribution in [1.29, 1.82) is 0 Å². The normalized spacial score (nSPS) is 10.4. The van der Waals surface area contributed by atoms with Gasteiger partial charge in [-0.3, -0.25) is 9.59 Å². The van der Waals surface area contributed by atoms with E-state index in [9.17, 15) is 9.59 Å². The number of rotatable bonds is 10. The fraction of sp³-hybridized carbons (Fsp3) is 0.231. The molecule has 0 bridgehead atoms. The van der Waals surface area contributed by atoms with E-state index >= 15 is 0 Å². The van der Waals surface area contributed by atoms with E-state index in [0.29, 0.717) is 18.5 Å². The first-order valence-corrected chi connectivity index (χ1v) is 10.7. The van der Waals surface area contributed by atoms with Crippen molar-refractivity contribution in [1.82, 2.24) is 5.32 Å². The number of amides is 2. The summed E-state index contributed by atoms with van der Waals surface area (Å²) in [6.45, 7) is 2.66. The molecule has 0 unspecified atom stereocenters. The van der Waals surface area contributed by atoms with Gasteiger partial charge in [0, 0.05) is 24.2 Å². The average Bonchev–Trinajstić information content (AvgIpc) is 2.79. The van der Waals surface area contributed by atoms with Gasteiger partial charge in [-0.05, 0) is 56.2 Å². The Labute approximate surface area is 183 Å². The highest BCUT2D eigenvalue weighted by Crippen LogP contribution is 2.25. The summed E-state index contributed by atoms with van der Waals surface area (Å²) in [5, 5.41) is 9.27. The van der Waals surface area contributed by atoms with Gasteiger partial charge in [0.2, 0.25) is 5.91 Å². The summed E-state index contributed by atoms with van der Waals surface area (Å²) < 4.78 is 0. The number of unbranched alkanes of at least 4 members (excludes halogenated alkanes) is 2. The number of benzene rings is 3. The molecule has 5 nitrogen and oxygen atoms in total. The third-order valence-electron chi connectivity index (χ3n) is 4.93. The number of hydrogen-bond acceptors (Lipinski definition) is 3. The molecule has 0 heterocycles. The molecule has 3 N–H and O–H groups in total. The number of hydrogen-bond donors (Lipinski definition) is 3. The summed E-state index contributed by atoms with van der Waals surface area (Å²) in [4.78, 5) is 24.4. The molecule has 3 aromatic carbocycles. The van der Waals surface area contributed by atoms with Crippen molar-refractivity contribution in [3.05, 3.63) is 90.0 Å². The Morgan fingerprint density at radius 1 is 0.742 bits per heavy atom. The van der Waals surface area contributed by atoms with Crippen LogP contribution in [0.2, 0.25) is 0 Å². The van der Waals surface area contributed by atoms with Crippen LogP contribution in [0.15, 0.2) is 78.9 Å². The van der Waals surface area contributed by atoms with Gasteiger partial charge in [0.05, 0.1) is 11.4 Å². The Morgan fingerprint density at radius 3 is 2.16 bits per heavy atom. The van der Waals surface area contributed by atoms with Crippen LogP contribution in [0.4, 0.5) is 17.1 Å². The zero-order valence-corrected chi connectivity index (χ0v) is 17.9. The molecule has 0 atom stereocenters. The Bertz CT molecular complexity index is 985. The van der Waals surface area contributed by atoms with E-state index in [4.69, 9.17) is 0 Å². The minimum Gasteiger partial charge on any atom is -0.354 e. The maximum Gasteiger partial charge on any atom is 0.251 e.